The molecule has 2 fully saturated rings. The van der Waals surface area contributed by atoms with E-state index in [2.05, 4.69) is 62.5 Å². The lowest BCUT2D eigenvalue weighted by Crippen LogP contribution is -2.54. The van der Waals surface area contributed by atoms with Crippen molar-refractivity contribution in [2.24, 2.45) is 5.92 Å². The highest BCUT2D eigenvalue weighted by Gasteiger charge is 2.52. The van der Waals surface area contributed by atoms with Crippen LogP contribution in [0.3, 0.4) is 0 Å². The third kappa shape index (κ3) is 2.40. The minimum absolute atomic E-state index is 0.134. The van der Waals surface area contributed by atoms with E-state index in [4.69, 9.17) is 4.84 Å². The fourth-order valence-electron chi connectivity index (χ4n) is 4.30. The molecule has 2 heterocycles. The molecule has 2 bridgehead atoms. The van der Waals surface area contributed by atoms with E-state index in [1.807, 2.05) is 0 Å². The summed E-state index contributed by atoms with van der Waals surface area (Å²) in [6.45, 7) is 6.43. The number of fused-ring (bicyclic) bond motifs is 3. The lowest BCUT2D eigenvalue weighted by Gasteiger charge is -2.41. The minimum atomic E-state index is -0.134. The molecule has 0 amide bonds. The van der Waals surface area contributed by atoms with Crippen molar-refractivity contribution in [2.75, 3.05) is 10.6 Å². The monoisotopic (exact) mass is 299 g/mol. The Bertz CT molecular complexity index is 586. The topological polar surface area (TPSA) is 36.5 Å². The Kier molecular flexibility index (Phi) is 3.21. The number of hydrogen-bond acceptors (Lipinski definition) is 4. The molecule has 0 radical (unpaired) electrons. The van der Waals surface area contributed by atoms with E-state index in [1.165, 1.54) is 36.1 Å². The van der Waals surface area contributed by atoms with E-state index < -0.39 is 0 Å². The van der Waals surface area contributed by atoms with Crippen LogP contribution < -0.4 is 16.1 Å². The van der Waals surface area contributed by atoms with E-state index in [9.17, 15) is 0 Å². The largest absolute Gasteiger partial charge is 0.362 e. The van der Waals surface area contributed by atoms with Gasteiger partial charge in [-0.2, -0.15) is 5.06 Å². The summed E-state index contributed by atoms with van der Waals surface area (Å²) in [7, 11) is 2.14. The summed E-state index contributed by atoms with van der Waals surface area (Å²) in [5, 5.41) is 9.66. The van der Waals surface area contributed by atoms with E-state index in [0.717, 1.165) is 5.92 Å². The highest BCUT2D eigenvalue weighted by atomic mass is 16.7. The maximum atomic E-state index is 6.33. The van der Waals surface area contributed by atoms with Gasteiger partial charge in [-0.15, -0.1) is 0 Å². The van der Waals surface area contributed by atoms with Crippen molar-refractivity contribution in [3.63, 3.8) is 0 Å². The molecule has 2 N–H and O–H groups in total. The first-order valence-corrected chi connectivity index (χ1v) is 8.52. The number of nitrogens with zero attached hydrogens (tertiary/aromatic N) is 1. The summed E-state index contributed by atoms with van der Waals surface area (Å²) in [5.74, 6) is 0.729. The van der Waals surface area contributed by atoms with Gasteiger partial charge in [0.2, 0.25) is 0 Å². The predicted octanol–water partition coefficient (Wildman–Crippen LogP) is 1.69. The van der Waals surface area contributed by atoms with E-state index in [0.29, 0.717) is 12.1 Å². The van der Waals surface area contributed by atoms with Crippen LogP contribution in [0, 0.1) is 5.92 Å². The van der Waals surface area contributed by atoms with Gasteiger partial charge in [0, 0.05) is 6.04 Å². The molecular weight excluding hydrogens is 273 g/mol. The van der Waals surface area contributed by atoms with Crippen LogP contribution >= 0.6 is 0 Å². The SMILES string of the molecule is Bc1ccc2c(c1)NC(C1[C@H]3CC[C@H](C3)N1OC(C)(C)C)N2. The molecule has 1 saturated carbocycles. The molecule has 4 atom stereocenters. The molecule has 4 rings (SSSR count). The highest BCUT2D eigenvalue weighted by Crippen LogP contribution is 2.46. The molecular formula is C17H26BN3O. The lowest BCUT2D eigenvalue weighted by atomic mass is 9.95. The number of anilines is 2. The summed E-state index contributed by atoms with van der Waals surface area (Å²) < 4.78 is 0. The molecule has 118 valence electrons. The summed E-state index contributed by atoms with van der Waals surface area (Å²) in [5.41, 5.74) is 3.60. The Morgan fingerprint density at radius 3 is 2.73 bits per heavy atom. The summed E-state index contributed by atoms with van der Waals surface area (Å²) in [6, 6.07) is 7.57. The first-order valence-electron chi connectivity index (χ1n) is 8.52. The second-order valence-electron chi connectivity index (χ2n) is 8.10. The molecule has 2 unspecified atom stereocenters. The average Bonchev–Trinajstić information content (AvgIpc) is 3.09. The number of nitrogens with one attached hydrogen (secondary N) is 2. The van der Waals surface area contributed by atoms with Crippen LogP contribution in [-0.2, 0) is 4.84 Å². The smallest absolute Gasteiger partial charge is 0.139 e. The maximum absolute atomic E-state index is 6.33. The van der Waals surface area contributed by atoms with E-state index >= 15 is 0 Å². The van der Waals surface area contributed by atoms with Gasteiger partial charge in [-0.05, 0) is 58.1 Å². The van der Waals surface area contributed by atoms with Crippen LogP contribution in [0.2, 0.25) is 0 Å². The number of hydroxylamine groups is 2. The predicted molar refractivity (Wildman–Crippen MR) is 93.2 cm³/mol. The molecule has 1 aromatic carbocycles. The minimum Gasteiger partial charge on any atom is -0.362 e. The standard InChI is InChI=1S/C17H26BN3O/c1-17(2,3)22-21-12-6-4-10(8-12)15(21)16-19-13-7-5-11(18)9-14(13)20-16/h5,7,9-10,12,15-16,19-20H,4,6,8,18H2,1-3H3/t10-,12+,15?,16?/m0/s1. The molecule has 3 aliphatic rings. The summed E-state index contributed by atoms with van der Waals surface area (Å²) in [4.78, 5) is 6.33. The number of hydrogen-bond donors (Lipinski definition) is 2. The Balaban J connectivity index is 1.57. The summed E-state index contributed by atoms with van der Waals surface area (Å²) >= 11 is 0. The maximum Gasteiger partial charge on any atom is 0.139 e. The molecule has 22 heavy (non-hydrogen) atoms. The second-order valence-corrected chi connectivity index (χ2v) is 8.10. The second kappa shape index (κ2) is 4.90. The lowest BCUT2D eigenvalue weighted by molar-refractivity contribution is -0.264. The van der Waals surface area contributed by atoms with Gasteiger partial charge >= 0.3 is 0 Å². The Labute approximate surface area is 134 Å². The Morgan fingerprint density at radius 1 is 1.18 bits per heavy atom. The third-order valence-corrected chi connectivity index (χ3v) is 5.10. The van der Waals surface area contributed by atoms with Gasteiger partial charge in [0.1, 0.15) is 14.0 Å². The van der Waals surface area contributed by atoms with E-state index in [-0.39, 0.29) is 11.8 Å². The van der Waals surface area contributed by atoms with Crippen molar-refractivity contribution in [2.45, 2.75) is 63.9 Å². The van der Waals surface area contributed by atoms with Gasteiger partial charge in [0.05, 0.1) is 23.0 Å². The highest BCUT2D eigenvalue weighted by molar-refractivity contribution is 6.32. The number of benzene rings is 1. The van der Waals surface area contributed by atoms with Crippen molar-refractivity contribution < 1.29 is 4.84 Å². The first kappa shape index (κ1) is 14.4. The Morgan fingerprint density at radius 2 is 1.95 bits per heavy atom. The Hall–Kier alpha value is -1.20. The quantitative estimate of drug-likeness (QED) is 0.815. The number of piperidine rings is 1. The molecule has 4 nitrogen and oxygen atoms in total. The summed E-state index contributed by atoms with van der Waals surface area (Å²) in [6.07, 6.45) is 4.12. The number of rotatable bonds is 2. The van der Waals surface area contributed by atoms with Crippen molar-refractivity contribution in [3.8, 4) is 0 Å². The molecule has 0 spiro atoms. The van der Waals surface area contributed by atoms with Gasteiger partial charge in [-0.1, -0.05) is 11.5 Å². The van der Waals surface area contributed by atoms with Crippen LogP contribution in [0.5, 0.6) is 0 Å². The van der Waals surface area contributed by atoms with Gasteiger partial charge in [0.25, 0.3) is 0 Å². The molecule has 1 aromatic rings. The molecule has 0 aromatic heterocycles. The van der Waals surface area contributed by atoms with Crippen molar-refractivity contribution in [1.29, 1.82) is 0 Å². The molecule has 1 saturated heterocycles. The van der Waals surface area contributed by atoms with Crippen LogP contribution in [-0.4, -0.2) is 36.8 Å². The third-order valence-electron chi connectivity index (χ3n) is 5.10. The normalized spacial score (nSPS) is 33.6. The van der Waals surface area contributed by atoms with Gasteiger partial charge in [-0.3, -0.25) is 4.84 Å². The van der Waals surface area contributed by atoms with Gasteiger partial charge < -0.3 is 10.6 Å². The van der Waals surface area contributed by atoms with E-state index in [1.54, 1.807) is 0 Å². The fourth-order valence-corrected chi connectivity index (χ4v) is 4.30. The first-order chi connectivity index (χ1) is 10.4. The zero-order valence-corrected chi connectivity index (χ0v) is 14.0. The van der Waals surface area contributed by atoms with Crippen molar-refractivity contribution in [1.82, 2.24) is 5.06 Å². The van der Waals surface area contributed by atoms with Crippen LogP contribution in [0.15, 0.2) is 18.2 Å². The van der Waals surface area contributed by atoms with Crippen LogP contribution in [0.25, 0.3) is 0 Å². The average molecular weight is 299 g/mol. The van der Waals surface area contributed by atoms with Crippen LogP contribution in [0.1, 0.15) is 40.0 Å². The molecule has 1 aliphatic carbocycles. The zero-order chi connectivity index (χ0) is 15.5. The van der Waals surface area contributed by atoms with Crippen molar-refractivity contribution in [3.05, 3.63) is 18.2 Å². The zero-order valence-electron chi connectivity index (χ0n) is 14.0. The van der Waals surface area contributed by atoms with Gasteiger partial charge in [0.15, 0.2) is 0 Å². The molecule has 5 heteroatoms. The fraction of sp³-hybridized carbons (Fsp3) is 0.647. The van der Waals surface area contributed by atoms with Crippen molar-refractivity contribution >= 4 is 24.7 Å². The van der Waals surface area contributed by atoms with Gasteiger partial charge in [-0.25, -0.2) is 0 Å². The van der Waals surface area contributed by atoms with Crippen LogP contribution in [0.4, 0.5) is 11.4 Å². The molecule has 2 aliphatic heterocycles.